The molecule has 2 aromatic rings. The highest BCUT2D eigenvalue weighted by atomic mass is 35.5. The zero-order valence-electron chi connectivity index (χ0n) is 11.3. The number of aromatic nitrogens is 2. The lowest BCUT2D eigenvalue weighted by Gasteiger charge is -2.00. The van der Waals surface area contributed by atoms with Gasteiger partial charge in [0.05, 0.1) is 17.2 Å². The van der Waals surface area contributed by atoms with E-state index in [1.165, 1.54) is 11.8 Å². The largest absolute Gasteiger partial charge is 0.339 e. The van der Waals surface area contributed by atoms with Gasteiger partial charge in [-0.1, -0.05) is 42.7 Å². The van der Waals surface area contributed by atoms with Crippen LogP contribution in [0.5, 0.6) is 0 Å². The van der Waals surface area contributed by atoms with Crippen LogP contribution < -0.4 is 0 Å². The summed E-state index contributed by atoms with van der Waals surface area (Å²) >= 11 is 7.61. The summed E-state index contributed by atoms with van der Waals surface area (Å²) in [6.45, 7) is 3.71. The molecule has 4 nitrogen and oxygen atoms in total. The van der Waals surface area contributed by atoms with Crippen LogP contribution >= 0.6 is 23.4 Å². The lowest BCUT2D eigenvalue weighted by Crippen LogP contribution is -2.10. The Labute approximate surface area is 126 Å². The second kappa shape index (κ2) is 6.90. The van der Waals surface area contributed by atoms with Gasteiger partial charge in [-0.15, -0.1) is 11.8 Å². The fraction of sp³-hybridized carbons (Fsp3) is 0.357. The third-order valence-electron chi connectivity index (χ3n) is 2.67. The number of carbonyl (C=O) groups is 1. The predicted molar refractivity (Wildman–Crippen MR) is 78.9 cm³/mol. The number of nitrogens with zero attached hydrogens (tertiary/aromatic N) is 2. The standard InChI is InChI=1S/C14H15ClN2O2S/c1-9(2)11(18)7-14-16-13(17-19-14)8-20-12-6-4-3-5-10(12)15/h3-6,9H,7-8H2,1-2H3. The Bertz CT molecular complexity index is 598. The molecule has 0 saturated heterocycles. The molecule has 1 aromatic carbocycles. The van der Waals surface area contributed by atoms with Crippen molar-refractivity contribution in [3.05, 3.63) is 41.0 Å². The van der Waals surface area contributed by atoms with Gasteiger partial charge in [-0.05, 0) is 12.1 Å². The Kier molecular flexibility index (Phi) is 5.20. The summed E-state index contributed by atoms with van der Waals surface area (Å²) in [5.74, 6) is 1.57. The van der Waals surface area contributed by atoms with Crippen LogP contribution in [0.3, 0.4) is 0 Å². The molecule has 0 fully saturated rings. The highest BCUT2D eigenvalue weighted by Crippen LogP contribution is 2.28. The highest BCUT2D eigenvalue weighted by molar-refractivity contribution is 7.98. The van der Waals surface area contributed by atoms with Gasteiger partial charge in [0, 0.05) is 10.8 Å². The number of rotatable bonds is 6. The number of thioether (sulfide) groups is 1. The first-order valence-corrected chi connectivity index (χ1v) is 7.64. The topological polar surface area (TPSA) is 56.0 Å². The summed E-state index contributed by atoms with van der Waals surface area (Å²) in [4.78, 5) is 16.8. The van der Waals surface area contributed by atoms with E-state index < -0.39 is 0 Å². The normalized spacial score (nSPS) is 11.0. The van der Waals surface area contributed by atoms with E-state index in [2.05, 4.69) is 10.1 Å². The van der Waals surface area contributed by atoms with Gasteiger partial charge in [0.2, 0.25) is 5.89 Å². The van der Waals surface area contributed by atoms with Crippen molar-refractivity contribution in [3.8, 4) is 0 Å². The van der Waals surface area contributed by atoms with Crippen molar-refractivity contribution in [2.24, 2.45) is 5.92 Å². The van der Waals surface area contributed by atoms with E-state index >= 15 is 0 Å². The lowest BCUT2D eigenvalue weighted by atomic mass is 10.1. The molecule has 0 aliphatic rings. The molecular formula is C14H15ClN2O2S. The summed E-state index contributed by atoms with van der Waals surface area (Å²) in [5, 5.41) is 4.58. The van der Waals surface area contributed by atoms with Gasteiger partial charge in [-0.2, -0.15) is 4.98 Å². The third-order valence-corrected chi connectivity index (χ3v) is 4.18. The number of carbonyl (C=O) groups excluding carboxylic acids is 1. The van der Waals surface area contributed by atoms with E-state index in [9.17, 15) is 4.79 Å². The molecule has 0 bridgehead atoms. The molecular weight excluding hydrogens is 296 g/mol. The number of ketones is 1. The van der Waals surface area contributed by atoms with Crippen molar-refractivity contribution in [1.29, 1.82) is 0 Å². The number of hydrogen-bond donors (Lipinski definition) is 0. The summed E-state index contributed by atoms with van der Waals surface area (Å²) in [6, 6.07) is 7.59. The monoisotopic (exact) mass is 310 g/mol. The molecule has 6 heteroatoms. The van der Waals surface area contributed by atoms with E-state index in [-0.39, 0.29) is 18.1 Å². The molecule has 106 valence electrons. The van der Waals surface area contributed by atoms with E-state index in [0.717, 1.165) is 4.90 Å². The Balaban J connectivity index is 1.93. The zero-order chi connectivity index (χ0) is 14.5. The number of benzene rings is 1. The van der Waals surface area contributed by atoms with Crippen LogP contribution in [0.1, 0.15) is 25.6 Å². The molecule has 0 spiro atoms. The van der Waals surface area contributed by atoms with Crippen LogP contribution in [0.15, 0.2) is 33.7 Å². The lowest BCUT2D eigenvalue weighted by molar-refractivity contribution is -0.121. The molecule has 0 atom stereocenters. The van der Waals surface area contributed by atoms with Crippen molar-refractivity contribution < 1.29 is 9.32 Å². The minimum atomic E-state index is -0.0251. The second-order valence-corrected chi connectivity index (χ2v) is 6.05. The zero-order valence-corrected chi connectivity index (χ0v) is 12.9. The third kappa shape index (κ3) is 4.08. The maximum atomic E-state index is 11.6. The molecule has 1 heterocycles. The maximum Gasteiger partial charge on any atom is 0.234 e. The van der Waals surface area contributed by atoms with Crippen molar-refractivity contribution in [2.45, 2.75) is 30.9 Å². The maximum absolute atomic E-state index is 11.6. The summed E-state index contributed by atoms with van der Waals surface area (Å²) < 4.78 is 5.08. The second-order valence-electron chi connectivity index (χ2n) is 4.62. The van der Waals surface area contributed by atoms with Crippen LogP contribution in [-0.4, -0.2) is 15.9 Å². The molecule has 0 N–H and O–H groups in total. The first-order valence-electron chi connectivity index (χ1n) is 6.27. The summed E-state index contributed by atoms with van der Waals surface area (Å²) in [5.41, 5.74) is 0. The Morgan fingerprint density at radius 2 is 2.15 bits per heavy atom. The van der Waals surface area contributed by atoms with Crippen LogP contribution in [0.2, 0.25) is 5.02 Å². The molecule has 2 rings (SSSR count). The summed E-state index contributed by atoms with van der Waals surface area (Å²) in [7, 11) is 0. The highest BCUT2D eigenvalue weighted by Gasteiger charge is 2.14. The molecule has 0 saturated carbocycles. The molecule has 0 aliphatic heterocycles. The average Bonchev–Trinajstić information content (AvgIpc) is 2.85. The van der Waals surface area contributed by atoms with Crippen molar-refractivity contribution >= 4 is 29.1 Å². The van der Waals surface area contributed by atoms with Gasteiger partial charge in [0.15, 0.2) is 5.82 Å². The van der Waals surface area contributed by atoms with Crippen LogP contribution in [-0.2, 0) is 17.0 Å². The Morgan fingerprint density at radius 1 is 1.40 bits per heavy atom. The SMILES string of the molecule is CC(C)C(=O)Cc1nc(CSc2ccccc2Cl)no1. The average molecular weight is 311 g/mol. The number of hydrogen-bond acceptors (Lipinski definition) is 5. The summed E-state index contributed by atoms with van der Waals surface area (Å²) in [6.07, 6.45) is 0.196. The van der Waals surface area contributed by atoms with Gasteiger partial charge in [0.25, 0.3) is 0 Å². The first-order chi connectivity index (χ1) is 9.56. The van der Waals surface area contributed by atoms with Gasteiger partial charge < -0.3 is 4.52 Å². The van der Waals surface area contributed by atoms with Crippen LogP contribution in [0.4, 0.5) is 0 Å². The smallest absolute Gasteiger partial charge is 0.234 e. The fourth-order valence-electron chi connectivity index (χ4n) is 1.48. The van der Waals surface area contributed by atoms with Gasteiger partial charge in [-0.25, -0.2) is 0 Å². The van der Waals surface area contributed by atoms with Gasteiger partial charge >= 0.3 is 0 Å². The molecule has 0 radical (unpaired) electrons. The Morgan fingerprint density at radius 3 is 2.85 bits per heavy atom. The molecule has 0 aliphatic carbocycles. The van der Waals surface area contributed by atoms with E-state index in [4.69, 9.17) is 16.1 Å². The predicted octanol–water partition coefficient (Wildman–Crippen LogP) is 3.78. The number of Topliss-reactive ketones (excluding diaryl/α,β-unsaturated/α-hetero) is 1. The molecule has 0 unspecified atom stereocenters. The van der Waals surface area contributed by atoms with Crippen molar-refractivity contribution in [3.63, 3.8) is 0 Å². The molecule has 20 heavy (non-hydrogen) atoms. The molecule has 0 amide bonds. The quantitative estimate of drug-likeness (QED) is 0.760. The van der Waals surface area contributed by atoms with Crippen molar-refractivity contribution in [1.82, 2.24) is 10.1 Å². The Hall–Kier alpha value is -1.33. The van der Waals surface area contributed by atoms with Gasteiger partial charge in [0.1, 0.15) is 5.78 Å². The van der Waals surface area contributed by atoms with E-state index in [1.807, 2.05) is 38.1 Å². The minimum absolute atomic E-state index is 0.0251. The van der Waals surface area contributed by atoms with Gasteiger partial charge in [-0.3, -0.25) is 4.79 Å². The fourth-order valence-corrected chi connectivity index (χ4v) is 2.56. The van der Waals surface area contributed by atoms with Crippen LogP contribution in [0.25, 0.3) is 0 Å². The van der Waals surface area contributed by atoms with Crippen molar-refractivity contribution in [2.75, 3.05) is 0 Å². The van der Waals surface area contributed by atoms with E-state index in [1.54, 1.807) is 0 Å². The van der Waals surface area contributed by atoms with E-state index in [0.29, 0.717) is 22.5 Å². The first kappa shape index (κ1) is 15.1. The minimum Gasteiger partial charge on any atom is -0.339 e. The molecule has 1 aromatic heterocycles. The van der Waals surface area contributed by atoms with Crippen LogP contribution in [0, 0.1) is 5.92 Å². The number of halogens is 1.